The lowest BCUT2D eigenvalue weighted by Gasteiger charge is -2.35. The zero-order valence-electron chi connectivity index (χ0n) is 15.0. The molecule has 2 amide bonds. The van der Waals surface area contributed by atoms with Crippen molar-refractivity contribution in [1.82, 2.24) is 15.1 Å². The van der Waals surface area contributed by atoms with E-state index in [0.717, 1.165) is 42.3 Å². The highest BCUT2D eigenvalue weighted by Crippen LogP contribution is 2.24. The summed E-state index contributed by atoms with van der Waals surface area (Å²) in [4.78, 5) is 16.8. The fourth-order valence-electron chi connectivity index (χ4n) is 3.58. The molecule has 1 heterocycles. The molecule has 0 saturated carbocycles. The van der Waals surface area contributed by atoms with Gasteiger partial charge in [0, 0.05) is 13.1 Å². The molecule has 1 saturated heterocycles. The van der Waals surface area contributed by atoms with Gasteiger partial charge in [-0.05, 0) is 49.3 Å². The van der Waals surface area contributed by atoms with Crippen molar-refractivity contribution >= 4 is 16.8 Å². The number of fused-ring (bicyclic) bond motifs is 1. The number of benzene rings is 2. The number of hydrogen-bond donors (Lipinski definition) is 2. The predicted octanol–water partition coefficient (Wildman–Crippen LogP) is 2.61. The number of urea groups is 1. The van der Waals surface area contributed by atoms with Gasteiger partial charge < -0.3 is 20.2 Å². The Kier molecular flexibility index (Phi) is 5.56. The second-order valence-electron chi connectivity index (χ2n) is 6.90. The third kappa shape index (κ3) is 3.94. The Hall–Kier alpha value is -2.11. The van der Waals surface area contributed by atoms with Gasteiger partial charge in [-0.3, -0.25) is 0 Å². The minimum atomic E-state index is -0.410. The van der Waals surface area contributed by atoms with Gasteiger partial charge >= 0.3 is 6.03 Å². The minimum Gasteiger partial charge on any atom is -0.394 e. The summed E-state index contributed by atoms with van der Waals surface area (Å²) in [5.41, 5.74) is 0.950. The number of aliphatic hydroxyl groups excluding tert-OH is 1. The first-order valence-corrected chi connectivity index (χ1v) is 8.90. The molecular formula is C20H27N3O2. The Balaban J connectivity index is 1.74. The first-order valence-electron chi connectivity index (χ1n) is 8.90. The molecule has 1 aliphatic rings. The fourth-order valence-corrected chi connectivity index (χ4v) is 3.58. The standard InChI is InChI=1S/C20H27N3O2/c1-22-12-10-16(11-13-22)23(2)20(25)21-19(14-24)18-9-5-7-15-6-3-4-8-17(15)18/h3-9,16,19,24H,10-14H2,1-2H3,(H,21,25). The molecule has 1 unspecified atom stereocenters. The molecule has 1 atom stereocenters. The lowest BCUT2D eigenvalue weighted by Crippen LogP contribution is -2.49. The topological polar surface area (TPSA) is 55.8 Å². The van der Waals surface area contributed by atoms with Crippen LogP contribution in [0.1, 0.15) is 24.4 Å². The van der Waals surface area contributed by atoms with Crippen LogP contribution in [0.5, 0.6) is 0 Å². The van der Waals surface area contributed by atoms with Gasteiger partial charge in [0.1, 0.15) is 0 Å². The predicted molar refractivity (Wildman–Crippen MR) is 101 cm³/mol. The molecule has 0 spiro atoms. The number of nitrogens with zero attached hydrogens (tertiary/aromatic N) is 2. The maximum atomic E-state index is 12.7. The van der Waals surface area contributed by atoms with E-state index in [-0.39, 0.29) is 18.7 Å². The number of rotatable bonds is 4. The number of amides is 2. The smallest absolute Gasteiger partial charge is 0.317 e. The second kappa shape index (κ2) is 7.85. The van der Waals surface area contributed by atoms with Crippen molar-refractivity contribution in [3.8, 4) is 0 Å². The summed E-state index contributed by atoms with van der Waals surface area (Å²) in [6.45, 7) is 1.89. The summed E-state index contributed by atoms with van der Waals surface area (Å²) in [6, 6.07) is 13.7. The van der Waals surface area contributed by atoms with E-state index in [4.69, 9.17) is 0 Å². The van der Waals surface area contributed by atoms with Crippen LogP contribution in [-0.2, 0) is 0 Å². The van der Waals surface area contributed by atoms with Gasteiger partial charge in [0.25, 0.3) is 0 Å². The second-order valence-corrected chi connectivity index (χ2v) is 6.90. The Morgan fingerprint density at radius 2 is 1.92 bits per heavy atom. The molecule has 2 aromatic rings. The molecule has 0 radical (unpaired) electrons. The van der Waals surface area contributed by atoms with Gasteiger partial charge in [0.15, 0.2) is 0 Å². The summed E-state index contributed by atoms with van der Waals surface area (Å²) >= 11 is 0. The van der Waals surface area contributed by atoms with Crippen LogP contribution in [0, 0.1) is 0 Å². The first-order chi connectivity index (χ1) is 12.1. The highest BCUT2D eigenvalue weighted by atomic mass is 16.3. The Morgan fingerprint density at radius 3 is 2.64 bits per heavy atom. The number of carbonyl (C=O) groups is 1. The lowest BCUT2D eigenvalue weighted by atomic mass is 9.99. The van der Waals surface area contributed by atoms with Crippen LogP contribution < -0.4 is 5.32 Å². The minimum absolute atomic E-state index is 0.124. The molecule has 5 heteroatoms. The quantitative estimate of drug-likeness (QED) is 0.899. The molecule has 25 heavy (non-hydrogen) atoms. The lowest BCUT2D eigenvalue weighted by molar-refractivity contribution is 0.141. The van der Waals surface area contributed by atoms with Crippen molar-refractivity contribution in [2.75, 3.05) is 33.8 Å². The van der Waals surface area contributed by atoms with Crippen LogP contribution in [0.4, 0.5) is 4.79 Å². The molecule has 1 aliphatic heterocycles. The number of hydrogen-bond acceptors (Lipinski definition) is 3. The van der Waals surface area contributed by atoms with Crippen molar-refractivity contribution in [1.29, 1.82) is 0 Å². The number of aliphatic hydroxyl groups is 1. The first kappa shape index (κ1) is 17.7. The monoisotopic (exact) mass is 341 g/mol. The zero-order valence-corrected chi connectivity index (χ0v) is 15.0. The molecule has 2 N–H and O–H groups in total. The van der Waals surface area contributed by atoms with E-state index in [0.29, 0.717) is 0 Å². The average molecular weight is 341 g/mol. The van der Waals surface area contributed by atoms with E-state index in [9.17, 15) is 9.90 Å². The number of nitrogens with one attached hydrogen (secondary N) is 1. The van der Waals surface area contributed by atoms with Gasteiger partial charge in [-0.1, -0.05) is 42.5 Å². The van der Waals surface area contributed by atoms with Crippen LogP contribution >= 0.6 is 0 Å². The van der Waals surface area contributed by atoms with Crippen LogP contribution in [0.25, 0.3) is 10.8 Å². The van der Waals surface area contributed by atoms with E-state index in [1.165, 1.54) is 0 Å². The molecule has 3 rings (SSSR count). The van der Waals surface area contributed by atoms with E-state index in [2.05, 4.69) is 17.3 Å². The van der Waals surface area contributed by atoms with Gasteiger partial charge in [0.05, 0.1) is 12.6 Å². The summed E-state index contributed by atoms with van der Waals surface area (Å²) in [7, 11) is 3.96. The van der Waals surface area contributed by atoms with Crippen LogP contribution in [0.2, 0.25) is 0 Å². The summed E-state index contributed by atoms with van der Waals surface area (Å²) in [5, 5.41) is 15.1. The molecule has 0 aliphatic carbocycles. The van der Waals surface area contributed by atoms with Crippen molar-refractivity contribution in [3.63, 3.8) is 0 Å². The zero-order chi connectivity index (χ0) is 17.8. The molecule has 2 aromatic carbocycles. The van der Waals surface area contributed by atoms with Crippen LogP contribution in [0.15, 0.2) is 42.5 Å². The third-order valence-electron chi connectivity index (χ3n) is 5.24. The number of piperidine rings is 1. The molecule has 134 valence electrons. The van der Waals surface area contributed by atoms with Crippen molar-refractivity contribution < 1.29 is 9.90 Å². The largest absolute Gasteiger partial charge is 0.394 e. The van der Waals surface area contributed by atoms with E-state index < -0.39 is 6.04 Å². The van der Waals surface area contributed by atoms with Gasteiger partial charge in [-0.2, -0.15) is 0 Å². The van der Waals surface area contributed by atoms with Crippen LogP contribution in [-0.4, -0.2) is 60.8 Å². The van der Waals surface area contributed by atoms with Crippen molar-refractivity contribution in [2.45, 2.75) is 24.9 Å². The van der Waals surface area contributed by atoms with Crippen molar-refractivity contribution in [3.05, 3.63) is 48.0 Å². The molecule has 0 aromatic heterocycles. The molecule has 1 fully saturated rings. The fraction of sp³-hybridized carbons (Fsp3) is 0.450. The maximum absolute atomic E-state index is 12.7. The van der Waals surface area contributed by atoms with E-state index in [1.807, 2.05) is 49.5 Å². The normalized spacial score (nSPS) is 17.4. The van der Waals surface area contributed by atoms with Crippen LogP contribution in [0.3, 0.4) is 0 Å². The van der Waals surface area contributed by atoms with Gasteiger partial charge in [-0.15, -0.1) is 0 Å². The van der Waals surface area contributed by atoms with E-state index in [1.54, 1.807) is 4.90 Å². The summed E-state index contributed by atoms with van der Waals surface area (Å²) in [5.74, 6) is 0. The molecular weight excluding hydrogens is 314 g/mol. The molecule has 5 nitrogen and oxygen atoms in total. The Labute approximate surface area is 149 Å². The summed E-state index contributed by atoms with van der Waals surface area (Å²) in [6.07, 6.45) is 1.97. The summed E-state index contributed by atoms with van der Waals surface area (Å²) < 4.78 is 0. The number of likely N-dealkylation sites (tertiary alicyclic amines) is 1. The Morgan fingerprint density at radius 1 is 1.24 bits per heavy atom. The highest BCUT2D eigenvalue weighted by molar-refractivity contribution is 5.86. The SMILES string of the molecule is CN1CCC(N(C)C(=O)NC(CO)c2cccc3ccccc23)CC1. The third-order valence-corrected chi connectivity index (χ3v) is 5.24. The Bertz CT molecular complexity index is 720. The van der Waals surface area contributed by atoms with Gasteiger partial charge in [0.2, 0.25) is 0 Å². The molecule has 0 bridgehead atoms. The maximum Gasteiger partial charge on any atom is 0.317 e. The van der Waals surface area contributed by atoms with E-state index >= 15 is 0 Å². The highest BCUT2D eigenvalue weighted by Gasteiger charge is 2.26. The van der Waals surface area contributed by atoms with Crippen molar-refractivity contribution in [2.24, 2.45) is 0 Å². The average Bonchev–Trinajstić information content (AvgIpc) is 2.65. The number of carbonyl (C=O) groups excluding carboxylic acids is 1. The van der Waals surface area contributed by atoms with Gasteiger partial charge in [-0.25, -0.2) is 4.79 Å².